The summed E-state index contributed by atoms with van der Waals surface area (Å²) in [4.78, 5) is 16.4. The van der Waals surface area contributed by atoms with E-state index in [9.17, 15) is 4.79 Å². The number of carbonyl (C=O) groups excluding carboxylic acids is 1. The second kappa shape index (κ2) is 5.42. The van der Waals surface area contributed by atoms with E-state index in [0.717, 1.165) is 0 Å². The minimum atomic E-state index is -0.604. The Labute approximate surface area is 118 Å². The third-order valence-corrected chi connectivity index (χ3v) is 2.98. The zero-order chi connectivity index (χ0) is 14.8. The number of aromatic nitrogens is 3. The van der Waals surface area contributed by atoms with E-state index in [1.54, 1.807) is 41.5 Å². The Bertz CT molecular complexity index is 586. The van der Waals surface area contributed by atoms with Gasteiger partial charge in [-0.25, -0.2) is 9.67 Å². The highest BCUT2D eigenvalue weighted by Gasteiger charge is 2.28. The highest BCUT2D eigenvalue weighted by molar-refractivity contribution is 5.96. The maximum absolute atomic E-state index is 12.2. The van der Waals surface area contributed by atoms with Crippen LogP contribution in [0.4, 0.5) is 5.69 Å². The predicted octanol–water partition coefficient (Wildman–Crippen LogP) is 1.58. The van der Waals surface area contributed by atoms with Crippen molar-refractivity contribution in [1.82, 2.24) is 14.8 Å². The van der Waals surface area contributed by atoms with Crippen molar-refractivity contribution < 1.29 is 4.79 Å². The zero-order valence-corrected chi connectivity index (χ0v) is 11.9. The van der Waals surface area contributed by atoms with E-state index < -0.39 is 6.04 Å². The molecule has 3 N–H and O–H groups in total. The van der Waals surface area contributed by atoms with E-state index in [4.69, 9.17) is 5.73 Å². The second-order valence-corrected chi connectivity index (χ2v) is 5.66. The number of nitrogens with two attached hydrogens (primary N) is 1. The summed E-state index contributed by atoms with van der Waals surface area (Å²) in [6, 6.07) is 4.72. The Hall–Kier alpha value is -2.21. The van der Waals surface area contributed by atoms with Crippen LogP contribution in [0.15, 0.2) is 36.8 Å². The molecule has 2 aromatic heterocycles. The summed E-state index contributed by atoms with van der Waals surface area (Å²) in [5.74, 6) is 0.325. The third-order valence-electron chi connectivity index (χ3n) is 2.98. The molecular formula is C14H19N5O. The van der Waals surface area contributed by atoms with Gasteiger partial charge in [0.05, 0.1) is 11.7 Å². The van der Waals surface area contributed by atoms with Gasteiger partial charge in [0.25, 0.3) is 0 Å². The molecule has 2 rings (SSSR count). The van der Waals surface area contributed by atoms with Crippen LogP contribution in [-0.2, 0) is 4.79 Å². The molecule has 6 nitrogen and oxygen atoms in total. The summed E-state index contributed by atoms with van der Waals surface area (Å²) in [6.07, 6.45) is 5.07. The van der Waals surface area contributed by atoms with Crippen LogP contribution in [0.5, 0.6) is 0 Å². The minimum Gasteiger partial charge on any atom is -0.322 e. The van der Waals surface area contributed by atoms with Crippen molar-refractivity contribution in [3.05, 3.63) is 36.8 Å². The summed E-state index contributed by atoms with van der Waals surface area (Å²) >= 11 is 0. The summed E-state index contributed by atoms with van der Waals surface area (Å²) in [6.45, 7) is 5.78. The summed E-state index contributed by atoms with van der Waals surface area (Å²) < 4.78 is 1.60. The largest absolute Gasteiger partial charge is 0.322 e. The van der Waals surface area contributed by atoms with Gasteiger partial charge in [-0.3, -0.25) is 4.79 Å². The van der Waals surface area contributed by atoms with Crippen LogP contribution >= 0.6 is 0 Å². The summed E-state index contributed by atoms with van der Waals surface area (Å²) in [7, 11) is 0. The number of nitrogens with zero attached hydrogens (tertiary/aromatic N) is 3. The summed E-state index contributed by atoms with van der Waals surface area (Å²) in [5.41, 5.74) is 6.23. The average molecular weight is 273 g/mol. The molecule has 2 heterocycles. The average Bonchev–Trinajstić information content (AvgIpc) is 2.91. The first kappa shape index (κ1) is 14.2. The zero-order valence-electron chi connectivity index (χ0n) is 11.9. The molecule has 6 heteroatoms. The lowest BCUT2D eigenvalue weighted by atomic mass is 9.87. The lowest BCUT2D eigenvalue weighted by molar-refractivity contribution is -0.119. The van der Waals surface area contributed by atoms with Crippen LogP contribution in [-0.4, -0.2) is 26.7 Å². The lowest BCUT2D eigenvalue weighted by Gasteiger charge is -2.26. The first-order chi connectivity index (χ1) is 9.39. The first-order valence-corrected chi connectivity index (χ1v) is 6.41. The van der Waals surface area contributed by atoms with E-state index in [2.05, 4.69) is 15.4 Å². The Kier molecular flexibility index (Phi) is 3.85. The molecule has 1 unspecified atom stereocenters. The van der Waals surface area contributed by atoms with Gasteiger partial charge in [0.15, 0.2) is 5.82 Å². The second-order valence-electron chi connectivity index (χ2n) is 5.66. The fourth-order valence-electron chi connectivity index (χ4n) is 1.67. The molecule has 0 aromatic carbocycles. The molecule has 106 valence electrons. The molecule has 1 atom stereocenters. The van der Waals surface area contributed by atoms with Gasteiger partial charge in [0, 0.05) is 18.6 Å². The number of anilines is 1. The normalized spacial score (nSPS) is 13.0. The highest BCUT2D eigenvalue weighted by atomic mass is 16.2. The molecule has 0 saturated carbocycles. The van der Waals surface area contributed by atoms with Gasteiger partial charge >= 0.3 is 0 Å². The number of pyridine rings is 1. The van der Waals surface area contributed by atoms with E-state index >= 15 is 0 Å². The highest BCUT2D eigenvalue weighted by Crippen LogP contribution is 2.21. The standard InChI is InChI=1S/C14H19N5O/c1-14(2,3)11(15)13(20)18-10-6-4-7-16-12(10)19-9-5-8-17-19/h4-9,11H,15H2,1-3H3,(H,18,20). The molecule has 0 spiro atoms. The molecule has 0 aliphatic carbocycles. The fraction of sp³-hybridized carbons (Fsp3) is 0.357. The molecule has 20 heavy (non-hydrogen) atoms. The quantitative estimate of drug-likeness (QED) is 0.889. The van der Waals surface area contributed by atoms with Crippen molar-refractivity contribution in [2.24, 2.45) is 11.1 Å². The SMILES string of the molecule is CC(C)(C)C(N)C(=O)Nc1cccnc1-n1cccn1. The maximum atomic E-state index is 12.2. The molecule has 1 amide bonds. The molecule has 0 saturated heterocycles. The maximum Gasteiger partial charge on any atom is 0.241 e. The lowest BCUT2D eigenvalue weighted by Crippen LogP contribution is -2.45. The third kappa shape index (κ3) is 3.03. The number of nitrogens with one attached hydrogen (secondary N) is 1. The van der Waals surface area contributed by atoms with E-state index in [1.165, 1.54) is 0 Å². The van der Waals surface area contributed by atoms with Gasteiger partial charge in [0.2, 0.25) is 5.91 Å². The first-order valence-electron chi connectivity index (χ1n) is 6.41. The van der Waals surface area contributed by atoms with Crippen LogP contribution in [0.1, 0.15) is 20.8 Å². The number of carbonyl (C=O) groups is 1. The van der Waals surface area contributed by atoms with E-state index in [-0.39, 0.29) is 11.3 Å². The van der Waals surface area contributed by atoms with Crippen molar-refractivity contribution in [2.45, 2.75) is 26.8 Å². The van der Waals surface area contributed by atoms with Crippen LogP contribution in [0, 0.1) is 5.41 Å². The number of hydrogen-bond donors (Lipinski definition) is 2. The van der Waals surface area contributed by atoms with Gasteiger partial charge in [-0.2, -0.15) is 5.10 Å². The van der Waals surface area contributed by atoms with Crippen molar-refractivity contribution in [3.63, 3.8) is 0 Å². The van der Waals surface area contributed by atoms with E-state index in [0.29, 0.717) is 11.5 Å². The van der Waals surface area contributed by atoms with Crippen molar-refractivity contribution in [2.75, 3.05) is 5.32 Å². The number of hydrogen-bond acceptors (Lipinski definition) is 4. The molecule has 0 aliphatic rings. The Morgan fingerprint density at radius 3 is 2.70 bits per heavy atom. The van der Waals surface area contributed by atoms with Crippen molar-refractivity contribution >= 4 is 11.6 Å². The Balaban J connectivity index is 2.25. The molecular weight excluding hydrogens is 254 g/mol. The monoisotopic (exact) mass is 273 g/mol. The van der Waals surface area contributed by atoms with Gasteiger partial charge in [0.1, 0.15) is 0 Å². The van der Waals surface area contributed by atoms with Crippen molar-refractivity contribution in [3.8, 4) is 5.82 Å². The fourth-order valence-corrected chi connectivity index (χ4v) is 1.67. The van der Waals surface area contributed by atoms with Crippen molar-refractivity contribution in [1.29, 1.82) is 0 Å². The van der Waals surface area contributed by atoms with Gasteiger partial charge in [-0.05, 0) is 23.6 Å². The predicted molar refractivity (Wildman–Crippen MR) is 77.4 cm³/mol. The topological polar surface area (TPSA) is 85.8 Å². The molecule has 0 aliphatic heterocycles. The molecule has 0 bridgehead atoms. The van der Waals surface area contributed by atoms with Crippen LogP contribution in [0.2, 0.25) is 0 Å². The smallest absolute Gasteiger partial charge is 0.241 e. The number of rotatable bonds is 3. The minimum absolute atomic E-state index is 0.237. The summed E-state index contributed by atoms with van der Waals surface area (Å²) in [5, 5.41) is 6.94. The Morgan fingerprint density at radius 1 is 1.35 bits per heavy atom. The molecule has 0 radical (unpaired) electrons. The Morgan fingerprint density at radius 2 is 2.10 bits per heavy atom. The van der Waals surface area contributed by atoms with Crippen LogP contribution in [0.25, 0.3) is 5.82 Å². The molecule has 2 aromatic rings. The molecule has 0 fully saturated rings. The van der Waals surface area contributed by atoms with Gasteiger partial charge in [-0.15, -0.1) is 0 Å². The van der Waals surface area contributed by atoms with Crippen LogP contribution < -0.4 is 11.1 Å². The van der Waals surface area contributed by atoms with Gasteiger partial charge < -0.3 is 11.1 Å². The number of amides is 1. The van der Waals surface area contributed by atoms with Crippen LogP contribution in [0.3, 0.4) is 0 Å². The van der Waals surface area contributed by atoms with Gasteiger partial charge in [-0.1, -0.05) is 20.8 Å². The van der Waals surface area contributed by atoms with E-state index in [1.807, 2.05) is 20.8 Å².